The van der Waals surface area contributed by atoms with E-state index in [1.54, 1.807) is 12.3 Å². The van der Waals surface area contributed by atoms with Gasteiger partial charge in [0.1, 0.15) is 11.2 Å². The molecule has 3 aromatic heterocycles. The van der Waals surface area contributed by atoms with E-state index in [0.717, 1.165) is 66.0 Å². The van der Waals surface area contributed by atoms with Gasteiger partial charge in [-0.05, 0) is 62.4 Å². The summed E-state index contributed by atoms with van der Waals surface area (Å²) in [6.45, 7) is 7.74. The second-order valence-corrected chi connectivity index (χ2v) is 9.26. The van der Waals surface area contributed by atoms with Crippen LogP contribution < -0.4 is 10.2 Å². The Hall–Kier alpha value is -3.88. The fourth-order valence-corrected chi connectivity index (χ4v) is 4.43. The van der Waals surface area contributed by atoms with E-state index >= 15 is 0 Å². The molecule has 9 heteroatoms. The van der Waals surface area contributed by atoms with Crippen LogP contribution in [0.1, 0.15) is 55.7 Å². The number of carbonyl (C=O) groups excluding carboxylic acids is 1. The van der Waals surface area contributed by atoms with Gasteiger partial charge in [-0.25, -0.2) is 14.6 Å². The van der Waals surface area contributed by atoms with Crippen LogP contribution in [0, 0.1) is 0 Å². The number of hydrogen-bond donors (Lipinski definition) is 1. The van der Waals surface area contributed by atoms with Crippen molar-refractivity contribution in [1.29, 1.82) is 0 Å². The molecule has 35 heavy (non-hydrogen) atoms. The van der Waals surface area contributed by atoms with Gasteiger partial charge in [0.15, 0.2) is 0 Å². The molecule has 1 saturated heterocycles. The van der Waals surface area contributed by atoms with Crippen LogP contribution in [0.3, 0.4) is 0 Å². The molecular weight excluding hydrogens is 440 g/mol. The smallest absolute Gasteiger partial charge is 0.270 e. The number of piperidine rings is 1. The highest BCUT2D eigenvalue weighted by atomic mass is 16.1. The molecule has 0 aliphatic carbocycles. The number of pyridine rings is 1. The lowest BCUT2D eigenvalue weighted by Gasteiger charge is -2.32. The van der Waals surface area contributed by atoms with E-state index < -0.39 is 0 Å². The SMILES string of the molecule is CCc1cnc(N2CCC(n3nnc4cc(-c5ccc(C(=O)NC(C)C)nc5)ccc43)CC2)nc1. The fourth-order valence-electron chi connectivity index (χ4n) is 4.43. The van der Waals surface area contributed by atoms with Gasteiger partial charge < -0.3 is 10.2 Å². The number of hydrogen-bond acceptors (Lipinski definition) is 7. The van der Waals surface area contributed by atoms with Gasteiger partial charge in [-0.15, -0.1) is 5.10 Å². The maximum Gasteiger partial charge on any atom is 0.270 e. The molecular formula is C26H30N8O. The molecule has 1 aromatic carbocycles. The molecule has 1 amide bonds. The average molecular weight is 471 g/mol. The van der Waals surface area contributed by atoms with Gasteiger partial charge in [0.25, 0.3) is 5.91 Å². The van der Waals surface area contributed by atoms with Crippen molar-refractivity contribution >= 4 is 22.9 Å². The van der Waals surface area contributed by atoms with E-state index in [-0.39, 0.29) is 18.0 Å². The van der Waals surface area contributed by atoms with Gasteiger partial charge in [0.2, 0.25) is 5.95 Å². The molecule has 9 nitrogen and oxygen atoms in total. The van der Waals surface area contributed by atoms with Crippen molar-refractivity contribution in [3.8, 4) is 11.1 Å². The fraction of sp³-hybridized carbons (Fsp3) is 0.385. The van der Waals surface area contributed by atoms with Crippen molar-refractivity contribution in [2.75, 3.05) is 18.0 Å². The van der Waals surface area contributed by atoms with Crippen LogP contribution in [0.2, 0.25) is 0 Å². The number of benzene rings is 1. The second kappa shape index (κ2) is 9.77. The second-order valence-electron chi connectivity index (χ2n) is 9.26. The Labute approximate surface area is 204 Å². The molecule has 4 heterocycles. The summed E-state index contributed by atoms with van der Waals surface area (Å²) >= 11 is 0. The molecule has 4 aromatic rings. The summed E-state index contributed by atoms with van der Waals surface area (Å²) in [5.41, 5.74) is 5.37. The highest BCUT2D eigenvalue weighted by Crippen LogP contribution is 2.29. The normalized spacial score (nSPS) is 14.6. The average Bonchev–Trinajstić information content (AvgIpc) is 3.32. The summed E-state index contributed by atoms with van der Waals surface area (Å²) in [7, 11) is 0. The Bertz CT molecular complexity index is 1310. The van der Waals surface area contributed by atoms with Gasteiger partial charge in [0.05, 0.1) is 11.6 Å². The maximum atomic E-state index is 12.2. The molecule has 1 fully saturated rings. The lowest BCUT2D eigenvalue weighted by atomic mass is 10.0. The third-order valence-electron chi connectivity index (χ3n) is 6.41. The minimum Gasteiger partial charge on any atom is -0.349 e. The number of nitrogens with zero attached hydrogens (tertiary/aromatic N) is 7. The molecule has 1 aliphatic heterocycles. The topological polar surface area (TPSA) is 102 Å². The van der Waals surface area contributed by atoms with Crippen molar-refractivity contribution in [2.45, 2.75) is 52.1 Å². The van der Waals surface area contributed by atoms with Crippen molar-refractivity contribution in [2.24, 2.45) is 0 Å². The van der Waals surface area contributed by atoms with E-state index in [0.29, 0.717) is 5.69 Å². The molecule has 0 atom stereocenters. The Morgan fingerprint density at radius 3 is 2.43 bits per heavy atom. The third kappa shape index (κ3) is 4.84. The van der Waals surface area contributed by atoms with Crippen molar-refractivity contribution < 1.29 is 4.79 Å². The van der Waals surface area contributed by atoms with E-state index in [2.05, 4.69) is 59.2 Å². The van der Waals surface area contributed by atoms with Crippen molar-refractivity contribution in [3.63, 3.8) is 0 Å². The first kappa shape index (κ1) is 22.9. The van der Waals surface area contributed by atoms with Crippen LogP contribution >= 0.6 is 0 Å². The van der Waals surface area contributed by atoms with Gasteiger partial charge in [0, 0.05) is 43.3 Å². The molecule has 180 valence electrons. The summed E-state index contributed by atoms with van der Waals surface area (Å²) in [6, 6.07) is 10.2. The highest BCUT2D eigenvalue weighted by molar-refractivity contribution is 5.92. The van der Waals surface area contributed by atoms with Crippen LogP contribution in [0.15, 0.2) is 48.9 Å². The quantitative estimate of drug-likeness (QED) is 0.457. The molecule has 0 saturated carbocycles. The van der Waals surface area contributed by atoms with Gasteiger partial charge in [-0.1, -0.05) is 24.3 Å². The standard InChI is InChI=1S/C26H30N8O/c1-4-18-14-28-26(29-15-18)33-11-9-21(10-12-33)34-24-8-6-19(13-23(24)31-32-34)20-5-7-22(27-16-20)25(35)30-17(2)3/h5-8,13-17,21H,4,9-12H2,1-3H3,(H,30,35). The number of nitrogens with one attached hydrogen (secondary N) is 1. The number of carbonyl (C=O) groups is 1. The summed E-state index contributed by atoms with van der Waals surface area (Å²) in [6.07, 6.45) is 8.43. The molecule has 5 rings (SSSR count). The molecule has 0 spiro atoms. The minimum atomic E-state index is -0.166. The summed E-state index contributed by atoms with van der Waals surface area (Å²) in [5.74, 6) is 0.635. The molecule has 0 radical (unpaired) electrons. The van der Waals surface area contributed by atoms with Crippen molar-refractivity contribution in [3.05, 3.63) is 60.2 Å². The highest BCUT2D eigenvalue weighted by Gasteiger charge is 2.24. The third-order valence-corrected chi connectivity index (χ3v) is 6.41. The summed E-state index contributed by atoms with van der Waals surface area (Å²) in [4.78, 5) is 27.8. The van der Waals surface area contributed by atoms with E-state index in [1.165, 1.54) is 0 Å². The predicted molar refractivity (Wildman–Crippen MR) is 135 cm³/mol. The zero-order chi connectivity index (χ0) is 24.4. The number of aromatic nitrogens is 6. The van der Waals surface area contributed by atoms with Gasteiger partial charge in [-0.2, -0.15) is 0 Å². The zero-order valence-corrected chi connectivity index (χ0v) is 20.3. The maximum absolute atomic E-state index is 12.2. The number of aryl methyl sites for hydroxylation is 1. The molecule has 1 N–H and O–H groups in total. The zero-order valence-electron chi connectivity index (χ0n) is 20.3. The Morgan fingerprint density at radius 2 is 1.77 bits per heavy atom. The minimum absolute atomic E-state index is 0.0712. The van der Waals surface area contributed by atoms with E-state index in [9.17, 15) is 4.79 Å². The predicted octanol–water partition coefficient (Wildman–Crippen LogP) is 3.83. The first-order valence-electron chi connectivity index (χ1n) is 12.2. The van der Waals surface area contributed by atoms with Crippen LogP contribution in [0.5, 0.6) is 0 Å². The van der Waals surface area contributed by atoms with Gasteiger partial charge in [-0.3, -0.25) is 9.78 Å². The number of fused-ring (bicyclic) bond motifs is 1. The summed E-state index contributed by atoms with van der Waals surface area (Å²) in [5, 5.41) is 11.8. The van der Waals surface area contributed by atoms with Gasteiger partial charge >= 0.3 is 0 Å². The van der Waals surface area contributed by atoms with Crippen LogP contribution in [0.25, 0.3) is 22.2 Å². The first-order valence-corrected chi connectivity index (χ1v) is 12.2. The first-order chi connectivity index (χ1) is 17.0. The van der Waals surface area contributed by atoms with Crippen LogP contribution in [-0.4, -0.2) is 55.0 Å². The number of rotatable bonds is 6. The molecule has 0 bridgehead atoms. The summed E-state index contributed by atoms with van der Waals surface area (Å²) < 4.78 is 2.05. The Kier molecular flexibility index (Phi) is 6.39. The van der Waals surface area contributed by atoms with E-state index in [4.69, 9.17) is 0 Å². The lowest BCUT2D eigenvalue weighted by molar-refractivity contribution is 0.0938. The van der Waals surface area contributed by atoms with E-state index in [1.807, 2.05) is 38.4 Å². The van der Waals surface area contributed by atoms with Crippen LogP contribution in [-0.2, 0) is 6.42 Å². The van der Waals surface area contributed by atoms with Crippen molar-refractivity contribution in [1.82, 2.24) is 35.3 Å². The number of anilines is 1. The Balaban J connectivity index is 1.28. The molecule has 0 unspecified atom stereocenters. The molecule has 1 aliphatic rings. The van der Waals surface area contributed by atoms with Crippen LogP contribution in [0.4, 0.5) is 5.95 Å². The largest absolute Gasteiger partial charge is 0.349 e. The number of amides is 1. The lowest BCUT2D eigenvalue weighted by Crippen LogP contribution is -2.36. The Morgan fingerprint density at radius 1 is 1.03 bits per heavy atom. The monoisotopic (exact) mass is 470 g/mol.